The number of carbonyl (C=O) groups excluding carboxylic acids is 1. The van der Waals surface area contributed by atoms with E-state index in [1.807, 2.05) is 13.8 Å². The number of carbonyl (C=O) groups is 1. The smallest absolute Gasteiger partial charge is 0.229 e. The van der Waals surface area contributed by atoms with Crippen LogP contribution >= 0.6 is 0 Å². The Hall–Kier alpha value is -0.610. The summed E-state index contributed by atoms with van der Waals surface area (Å²) in [5, 5.41) is 8.78. The number of hydrogen-bond donors (Lipinski definition) is 2. The Bertz CT molecular complexity index is 198. The average molecular weight is 186 g/mol. The minimum atomic E-state index is -0.458. The summed E-state index contributed by atoms with van der Waals surface area (Å²) in [6.45, 7) is 5.60. The third-order valence-corrected chi connectivity index (χ3v) is 2.59. The molecule has 0 atom stereocenters. The van der Waals surface area contributed by atoms with E-state index in [4.69, 9.17) is 10.8 Å². The van der Waals surface area contributed by atoms with Crippen molar-refractivity contribution in [2.24, 2.45) is 17.1 Å². The highest BCUT2D eigenvalue weighted by Gasteiger charge is 2.37. The van der Waals surface area contributed by atoms with Crippen LogP contribution in [0.15, 0.2) is 0 Å². The highest BCUT2D eigenvalue weighted by atomic mass is 16.3. The van der Waals surface area contributed by atoms with E-state index in [1.54, 1.807) is 4.90 Å². The molecule has 0 aromatic heterocycles. The Balaban J connectivity index is 2.43. The molecule has 0 bridgehead atoms. The van der Waals surface area contributed by atoms with E-state index in [0.717, 1.165) is 0 Å². The number of likely N-dealkylation sites (tertiary alicyclic amines) is 1. The van der Waals surface area contributed by atoms with E-state index in [-0.39, 0.29) is 18.4 Å². The van der Waals surface area contributed by atoms with Crippen LogP contribution in [0.2, 0.25) is 0 Å². The number of hydrogen-bond acceptors (Lipinski definition) is 3. The molecule has 76 valence electrons. The Morgan fingerprint density at radius 3 is 2.54 bits per heavy atom. The molecule has 0 spiro atoms. The molecule has 0 aliphatic carbocycles. The van der Waals surface area contributed by atoms with Gasteiger partial charge in [0.25, 0.3) is 0 Å². The maximum Gasteiger partial charge on any atom is 0.229 e. The van der Waals surface area contributed by atoms with Crippen molar-refractivity contribution < 1.29 is 9.90 Å². The van der Waals surface area contributed by atoms with Crippen LogP contribution < -0.4 is 5.73 Å². The molecule has 3 N–H and O–H groups in total. The van der Waals surface area contributed by atoms with Gasteiger partial charge in [0, 0.05) is 32.2 Å². The fourth-order valence-corrected chi connectivity index (χ4v) is 1.37. The molecule has 1 saturated heterocycles. The van der Waals surface area contributed by atoms with Gasteiger partial charge < -0.3 is 15.7 Å². The molecule has 0 aromatic carbocycles. The SMILES string of the molecule is CC(C)(CN)C(=O)N1CC(CO)C1. The van der Waals surface area contributed by atoms with Gasteiger partial charge in [-0.3, -0.25) is 4.79 Å². The normalized spacial score (nSPS) is 18.6. The van der Waals surface area contributed by atoms with Crippen molar-refractivity contribution in [1.29, 1.82) is 0 Å². The van der Waals surface area contributed by atoms with Crippen LogP contribution in [0.4, 0.5) is 0 Å². The molecule has 1 rings (SSSR count). The van der Waals surface area contributed by atoms with Crippen LogP contribution in [0.25, 0.3) is 0 Å². The fourth-order valence-electron chi connectivity index (χ4n) is 1.37. The van der Waals surface area contributed by atoms with Crippen LogP contribution in [-0.4, -0.2) is 42.2 Å². The number of rotatable bonds is 3. The minimum absolute atomic E-state index is 0.0969. The second-order valence-electron chi connectivity index (χ2n) is 4.35. The van der Waals surface area contributed by atoms with E-state index in [9.17, 15) is 4.79 Å². The number of amides is 1. The second kappa shape index (κ2) is 3.64. The highest BCUT2D eigenvalue weighted by molar-refractivity contribution is 5.82. The van der Waals surface area contributed by atoms with Crippen molar-refractivity contribution >= 4 is 5.91 Å². The van der Waals surface area contributed by atoms with E-state index >= 15 is 0 Å². The molecule has 13 heavy (non-hydrogen) atoms. The third kappa shape index (κ3) is 2.00. The predicted molar refractivity (Wildman–Crippen MR) is 50.0 cm³/mol. The molecule has 0 saturated carbocycles. The summed E-state index contributed by atoms with van der Waals surface area (Å²) >= 11 is 0. The summed E-state index contributed by atoms with van der Waals surface area (Å²) in [6, 6.07) is 0. The zero-order chi connectivity index (χ0) is 10.1. The van der Waals surface area contributed by atoms with E-state index in [0.29, 0.717) is 19.6 Å². The first kappa shape index (κ1) is 10.5. The van der Waals surface area contributed by atoms with E-state index < -0.39 is 5.41 Å². The molecule has 1 aliphatic rings. The van der Waals surface area contributed by atoms with Crippen molar-refractivity contribution in [1.82, 2.24) is 4.90 Å². The highest BCUT2D eigenvalue weighted by Crippen LogP contribution is 2.23. The molecule has 0 radical (unpaired) electrons. The maximum atomic E-state index is 11.7. The van der Waals surface area contributed by atoms with Crippen LogP contribution in [0.3, 0.4) is 0 Å². The molecule has 0 aromatic rings. The molecule has 4 heteroatoms. The molecule has 1 aliphatic heterocycles. The van der Waals surface area contributed by atoms with Crippen LogP contribution in [-0.2, 0) is 4.79 Å². The Labute approximate surface area is 78.7 Å². The van der Waals surface area contributed by atoms with Gasteiger partial charge in [-0.1, -0.05) is 0 Å². The van der Waals surface area contributed by atoms with Crippen molar-refractivity contribution in [3.05, 3.63) is 0 Å². The lowest BCUT2D eigenvalue weighted by atomic mass is 9.88. The Morgan fingerprint density at radius 1 is 1.62 bits per heavy atom. The van der Waals surface area contributed by atoms with Crippen molar-refractivity contribution in [3.63, 3.8) is 0 Å². The number of nitrogens with zero attached hydrogens (tertiary/aromatic N) is 1. The Morgan fingerprint density at radius 2 is 2.15 bits per heavy atom. The number of nitrogens with two attached hydrogens (primary N) is 1. The van der Waals surface area contributed by atoms with Crippen molar-refractivity contribution in [2.75, 3.05) is 26.2 Å². The minimum Gasteiger partial charge on any atom is -0.396 e. The summed E-state index contributed by atoms with van der Waals surface area (Å²) in [4.78, 5) is 13.5. The van der Waals surface area contributed by atoms with Gasteiger partial charge in [-0.25, -0.2) is 0 Å². The largest absolute Gasteiger partial charge is 0.396 e. The van der Waals surface area contributed by atoms with Crippen molar-refractivity contribution in [3.8, 4) is 0 Å². The van der Waals surface area contributed by atoms with Gasteiger partial charge in [0.2, 0.25) is 5.91 Å². The molecule has 1 heterocycles. The van der Waals surface area contributed by atoms with Crippen LogP contribution in [0.5, 0.6) is 0 Å². The molecule has 1 fully saturated rings. The third-order valence-electron chi connectivity index (χ3n) is 2.59. The predicted octanol–water partition coefficient (Wildman–Crippen LogP) is -0.578. The summed E-state index contributed by atoms with van der Waals surface area (Å²) < 4.78 is 0. The summed E-state index contributed by atoms with van der Waals surface area (Å²) in [5.74, 6) is 0.372. The Kier molecular flexibility index (Phi) is 2.93. The quantitative estimate of drug-likeness (QED) is 0.620. The van der Waals surface area contributed by atoms with Gasteiger partial charge in [0.1, 0.15) is 0 Å². The average Bonchev–Trinajstić information content (AvgIpc) is 2.02. The second-order valence-corrected chi connectivity index (χ2v) is 4.35. The lowest BCUT2D eigenvalue weighted by Gasteiger charge is -2.42. The molecule has 0 unspecified atom stereocenters. The molecule has 1 amide bonds. The van der Waals surface area contributed by atoms with E-state index in [1.165, 1.54) is 0 Å². The van der Waals surface area contributed by atoms with Crippen molar-refractivity contribution in [2.45, 2.75) is 13.8 Å². The first-order valence-corrected chi connectivity index (χ1v) is 4.61. The summed E-state index contributed by atoms with van der Waals surface area (Å²) in [5.41, 5.74) is 5.04. The first-order valence-electron chi connectivity index (χ1n) is 4.61. The maximum absolute atomic E-state index is 11.7. The molecular formula is C9H18N2O2. The van der Waals surface area contributed by atoms with Gasteiger partial charge in [-0.2, -0.15) is 0 Å². The summed E-state index contributed by atoms with van der Waals surface area (Å²) in [7, 11) is 0. The number of aliphatic hydroxyl groups excluding tert-OH is 1. The standard InChI is InChI=1S/C9H18N2O2/c1-9(2,6-10)8(13)11-3-7(4-11)5-12/h7,12H,3-6,10H2,1-2H3. The van der Waals surface area contributed by atoms with Crippen LogP contribution in [0.1, 0.15) is 13.8 Å². The lowest BCUT2D eigenvalue weighted by Crippen LogP contribution is -2.56. The topological polar surface area (TPSA) is 66.6 Å². The first-order chi connectivity index (χ1) is 6.01. The van der Waals surface area contributed by atoms with Gasteiger partial charge in [-0.05, 0) is 13.8 Å². The van der Waals surface area contributed by atoms with E-state index in [2.05, 4.69) is 0 Å². The molecular weight excluding hydrogens is 168 g/mol. The lowest BCUT2D eigenvalue weighted by molar-refractivity contribution is -0.147. The van der Waals surface area contributed by atoms with Gasteiger partial charge in [0.05, 0.1) is 5.41 Å². The van der Waals surface area contributed by atoms with Gasteiger partial charge in [-0.15, -0.1) is 0 Å². The fraction of sp³-hybridized carbons (Fsp3) is 0.889. The van der Waals surface area contributed by atoms with Gasteiger partial charge >= 0.3 is 0 Å². The van der Waals surface area contributed by atoms with Gasteiger partial charge in [0.15, 0.2) is 0 Å². The molecule has 4 nitrogen and oxygen atoms in total. The zero-order valence-corrected chi connectivity index (χ0v) is 8.29. The summed E-state index contributed by atoms with van der Waals surface area (Å²) in [6.07, 6.45) is 0. The number of aliphatic hydroxyl groups is 1. The van der Waals surface area contributed by atoms with Crippen LogP contribution in [0, 0.1) is 11.3 Å². The monoisotopic (exact) mass is 186 g/mol. The zero-order valence-electron chi connectivity index (χ0n) is 8.29.